The fourth-order valence-corrected chi connectivity index (χ4v) is 6.22. The highest BCUT2D eigenvalue weighted by Gasteiger charge is 2.46. The van der Waals surface area contributed by atoms with Crippen LogP contribution in [0.25, 0.3) is 11.1 Å². The van der Waals surface area contributed by atoms with Gasteiger partial charge in [-0.1, -0.05) is 60.7 Å². The number of hydrogen-bond donors (Lipinski definition) is 2. The van der Waals surface area contributed by atoms with Crippen molar-refractivity contribution in [1.82, 2.24) is 9.88 Å². The molecule has 0 bridgehead atoms. The average molecular weight is 558 g/mol. The van der Waals surface area contributed by atoms with E-state index in [-0.39, 0.29) is 11.9 Å². The Morgan fingerprint density at radius 1 is 1.02 bits per heavy atom. The number of pyridine rings is 1. The normalized spacial score (nSPS) is 21.7. The van der Waals surface area contributed by atoms with Crippen LogP contribution in [0.1, 0.15) is 69.3 Å². The van der Waals surface area contributed by atoms with Crippen molar-refractivity contribution in [2.75, 3.05) is 19.8 Å². The van der Waals surface area contributed by atoms with Crippen LogP contribution in [0.4, 0.5) is 4.79 Å². The Balaban J connectivity index is 1.30. The van der Waals surface area contributed by atoms with Crippen LogP contribution in [0.2, 0.25) is 0 Å². The van der Waals surface area contributed by atoms with Crippen LogP contribution in [-0.4, -0.2) is 52.4 Å². The van der Waals surface area contributed by atoms with Gasteiger partial charge in [0.2, 0.25) is 5.91 Å². The van der Waals surface area contributed by atoms with Gasteiger partial charge in [0.25, 0.3) is 0 Å². The molecule has 1 unspecified atom stereocenters. The van der Waals surface area contributed by atoms with E-state index in [0.717, 1.165) is 22.3 Å². The number of aliphatic hydroxyl groups is 1. The lowest BCUT2D eigenvalue weighted by Crippen LogP contribution is -2.51. The molecule has 0 spiro atoms. The van der Waals surface area contributed by atoms with E-state index >= 15 is 0 Å². The number of hydrogen-bond acceptors (Lipinski definition) is 6. The topological polar surface area (TPSA) is 115 Å². The second kappa shape index (κ2) is 11.3. The van der Waals surface area contributed by atoms with Crippen molar-refractivity contribution < 1.29 is 24.2 Å². The standard InChI is InChI=1S/C33H39N3O5/c1-23(36-18-15-33(41-30(36)38,22-31(2,3)39)27-7-5-4-6-8-27)24-9-11-25(12-10-24)26-13-14-28(35-21-26)32(29(34)37)16-19-40-20-17-32/h4-14,21,23,39H,15-20,22H2,1-3H3,(H2,34,37)/t23-,33?/m0/s1. The molecule has 8 heteroatoms. The maximum atomic E-state index is 13.4. The molecule has 8 nitrogen and oxygen atoms in total. The van der Waals surface area contributed by atoms with Gasteiger partial charge in [-0.25, -0.2) is 4.79 Å². The lowest BCUT2D eigenvalue weighted by Gasteiger charge is -2.45. The highest BCUT2D eigenvalue weighted by molar-refractivity contribution is 5.86. The van der Waals surface area contributed by atoms with Crippen molar-refractivity contribution in [1.29, 1.82) is 0 Å². The van der Waals surface area contributed by atoms with E-state index in [2.05, 4.69) is 4.98 Å². The zero-order valence-electron chi connectivity index (χ0n) is 24.0. The number of amides is 2. The summed E-state index contributed by atoms with van der Waals surface area (Å²) in [5.74, 6) is -0.364. The quantitative estimate of drug-likeness (QED) is 0.391. The summed E-state index contributed by atoms with van der Waals surface area (Å²) in [6.07, 6.45) is 3.34. The molecule has 2 atom stereocenters. The number of rotatable bonds is 8. The number of carbonyl (C=O) groups is 2. The van der Waals surface area contributed by atoms with Crippen LogP contribution in [0.3, 0.4) is 0 Å². The molecule has 3 heterocycles. The predicted molar refractivity (Wildman–Crippen MR) is 156 cm³/mol. The molecule has 3 aromatic rings. The molecule has 0 saturated carbocycles. The SMILES string of the molecule is C[C@@H](c1ccc(-c2ccc(C3(C(N)=O)CCOCC3)nc2)cc1)N1CCC(CC(C)(C)O)(c2ccccc2)OC1=O. The van der Waals surface area contributed by atoms with Gasteiger partial charge in [0.15, 0.2) is 0 Å². The van der Waals surface area contributed by atoms with Crippen molar-refractivity contribution >= 4 is 12.0 Å². The minimum Gasteiger partial charge on any atom is -0.438 e. The fraction of sp³-hybridized carbons (Fsp3) is 0.424. The van der Waals surface area contributed by atoms with Gasteiger partial charge < -0.3 is 25.2 Å². The van der Waals surface area contributed by atoms with Crippen molar-refractivity contribution in [2.45, 2.75) is 69.1 Å². The second-order valence-electron chi connectivity index (χ2n) is 11.9. The summed E-state index contributed by atoms with van der Waals surface area (Å²) >= 11 is 0. The minimum absolute atomic E-state index is 0.197. The Morgan fingerprint density at radius 3 is 2.24 bits per heavy atom. The zero-order chi connectivity index (χ0) is 29.3. The minimum atomic E-state index is -1.00. The second-order valence-corrected chi connectivity index (χ2v) is 11.9. The number of aromatic nitrogens is 1. The summed E-state index contributed by atoms with van der Waals surface area (Å²) in [5, 5.41) is 10.6. The van der Waals surface area contributed by atoms with Gasteiger partial charge >= 0.3 is 6.09 Å². The van der Waals surface area contributed by atoms with Crippen LogP contribution in [0, 0.1) is 0 Å². The number of cyclic esters (lactones) is 1. The summed E-state index contributed by atoms with van der Waals surface area (Å²) in [7, 11) is 0. The van der Waals surface area contributed by atoms with Crippen LogP contribution >= 0.6 is 0 Å². The van der Waals surface area contributed by atoms with Crippen molar-refractivity contribution in [3.8, 4) is 11.1 Å². The lowest BCUT2D eigenvalue weighted by molar-refractivity contribution is -0.127. The maximum Gasteiger partial charge on any atom is 0.411 e. The Morgan fingerprint density at radius 2 is 1.68 bits per heavy atom. The molecule has 41 heavy (non-hydrogen) atoms. The smallest absolute Gasteiger partial charge is 0.411 e. The van der Waals surface area contributed by atoms with Gasteiger partial charge in [0, 0.05) is 44.4 Å². The molecule has 2 aliphatic rings. The molecule has 1 aromatic heterocycles. The number of nitrogens with zero attached hydrogens (tertiary/aromatic N) is 2. The summed E-state index contributed by atoms with van der Waals surface area (Å²) in [6, 6.07) is 21.4. The van der Waals surface area contributed by atoms with E-state index in [1.807, 2.05) is 73.7 Å². The molecule has 2 aliphatic heterocycles. The van der Waals surface area contributed by atoms with Crippen molar-refractivity contribution in [3.05, 3.63) is 89.7 Å². The van der Waals surface area contributed by atoms with Gasteiger partial charge in [0.1, 0.15) is 5.60 Å². The largest absolute Gasteiger partial charge is 0.438 e. The Kier molecular flexibility index (Phi) is 7.90. The molecule has 3 N–H and O–H groups in total. The van der Waals surface area contributed by atoms with E-state index < -0.39 is 22.7 Å². The first-order valence-corrected chi connectivity index (χ1v) is 14.3. The number of benzene rings is 2. The van der Waals surface area contributed by atoms with E-state index in [0.29, 0.717) is 51.1 Å². The average Bonchev–Trinajstić information content (AvgIpc) is 2.97. The number of ether oxygens (including phenoxy) is 2. The molecule has 2 fully saturated rings. The highest BCUT2D eigenvalue weighted by Crippen LogP contribution is 2.42. The molecule has 2 saturated heterocycles. The molecule has 2 amide bonds. The third-order valence-corrected chi connectivity index (χ3v) is 8.56. The molecule has 2 aromatic carbocycles. The third kappa shape index (κ3) is 5.85. The lowest BCUT2D eigenvalue weighted by atomic mass is 9.76. The summed E-state index contributed by atoms with van der Waals surface area (Å²) in [6.45, 7) is 6.96. The molecule has 5 rings (SSSR count). The first-order valence-electron chi connectivity index (χ1n) is 14.3. The van der Waals surface area contributed by atoms with Crippen molar-refractivity contribution in [2.24, 2.45) is 5.73 Å². The Labute approximate surface area is 241 Å². The van der Waals surface area contributed by atoms with Gasteiger partial charge in [0.05, 0.1) is 22.8 Å². The highest BCUT2D eigenvalue weighted by atomic mass is 16.6. The van der Waals surface area contributed by atoms with Gasteiger partial charge in [-0.05, 0) is 56.4 Å². The number of carbonyl (C=O) groups excluding carboxylic acids is 2. The monoisotopic (exact) mass is 557 g/mol. The molecule has 0 aliphatic carbocycles. The van der Waals surface area contributed by atoms with Crippen LogP contribution in [-0.2, 0) is 25.3 Å². The third-order valence-electron chi connectivity index (χ3n) is 8.56. The molecule has 216 valence electrons. The molecular formula is C33H39N3O5. The zero-order valence-corrected chi connectivity index (χ0v) is 24.0. The predicted octanol–water partition coefficient (Wildman–Crippen LogP) is 5.24. The van der Waals surface area contributed by atoms with Crippen molar-refractivity contribution in [3.63, 3.8) is 0 Å². The van der Waals surface area contributed by atoms with Gasteiger partial charge in [-0.2, -0.15) is 0 Å². The molecule has 0 radical (unpaired) electrons. The number of nitrogens with two attached hydrogens (primary N) is 1. The maximum absolute atomic E-state index is 13.4. The summed E-state index contributed by atoms with van der Waals surface area (Å²) in [5.41, 5.74) is 7.59. The number of primary amides is 1. The van der Waals surface area contributed by atoms with Gasteiger partial charge in [-0.15, -0.1) is 0 Å². The van der Waals surface area contributed by atoms with E-state index in [4.69, 9.17) is 15.2 Å². The van der Waals surface area contributed by atoms with Crippen LogP contribution in [0.5, 0.6) is 0 Å². The summed E-state index contributed by atoms with van der Waals surface area (Å²) < 4.78 is 11.6. The van der Waals surface area contributed by atoms with E-state index in [1.165, 1.54) is 0 Å². The van der Waals surface area contributed by atoms with E-state index in [1.54, 1.807) is 24.9 Å². The first-order chi connectivity index (χ1) is 19.5. The summed E-state index contributed by atoms with van der Waals surface area (Å²) in [4.78, 5) is 32.1. The van der Waals surface area contributed by atoms with Crippen LogP contribution in [0.15, 0.2) is 72.9 Å². The molecular weight excluding hydrogens is 518 g/mol. The Bertz CT molecular complexity index is 1360. The van der Waals surface area contributed by atoms with E-state index in [9.17, 15) is 14.7 Å². The van der Waals surface area contributed by atoms with Crippen LogP contribution < -0.4 is 5.73 Å². The fourth-order valence-electron chi connectivity index (χ4n) is 6.22. The first kappa shape index (κ1) is 28.8. The van der Waals surface area contributed by atoms with Gasteiger partial charge in [-0.3, -0.25) is 9.78 Å². The Hall–Kier alpha value is -3.75.